The maximum absolute atomic E-state index is 10.8. The van der Waals surface area contributed by atoms with Crippen LogP contribution in [-0.4, -0.2) is 36.2 Å². The topological polar surface area (TPSA) is 32.7 Å². The van der Waals surface area contributed by atoms with Gasteiger partial charge in [-0.2, -0.15) is 0 Å². The molecule has 0 bridgehead atoms. The molecule has 4 atom stereocenters. The van der Waals surface area contributed by atoms with Gasteiger partial charge in [0.05, 0.1) is 13.2 Å². The number of likely N-dealkylation sites (N-methyl/N-ethyl adjacent to an activating group) is 1. The molecule has 0 amide bonds. The van der Waals surface area contributed by atoms with Crippen molar-refractivity contribution in [3.63, 3.8) is 0 Å². The van der Waals surface area contributed by atoms with Crippen LogP contribution < -0.4 is 4.74 Å². The van der Waals surface area contributed by atoms with Gasteiger partial charge in [0.1, 0.15) is 5.75 Å². The van der Waals surface area contributed by atoms with Crippen LogP contribution in [0.5, 0.6) is 5.75 Å². The summed E-state index contributed by atoms with van der Waals surface area (Å²) in [5.41, 5.74) is 2.32. The first-order valence-corrected chi connectivity index (χ1v) is 8.18. The fourth-order valence-corrected chi connectivity index (χ4v) is 4.22. The summed E-state index contributed by atoms with van der Waals surface area (Å²) in [4.78, 5) is 2.45. The Morgan fingerprint density at radius 1 is 1.19 bits per heavy atom. The molecule has 1 aromatic rings. The lowest BCUT2D eigenvalue weighted by atomic mass is 9.84. The van der Waals surface area contributed by atoms with Gasteiger partial charge in [0, 0.05) is 12.1 Å². The first kappa shape index (κ1) is 14.9. The minimum absolute atomic E-state index is 0.206. The molecule has 2 aliphatic carbocycles. The van der Waals surface area contributed by atoms with Crippen molar-refractivity contribution in [2.45, 2.75) is 57.2 Å². The standard InChI is InChI=1S/C18H27NO2/c1-12-6-4-5-7-16(12)19(2)17-10-13-8-9-14(21-3)11-15(13)18(17)20/h8-9,11-12,16-18,20H,4-7,10H2,1-3H3. The van der Waals surface area contributed by atoms with Gasteiger partial charge in [0.15, 0.2) is 0 Å². The highest BCUT2D eigenvalue weighted by Crippen LogP contribution is 2.39. The second-order valence-corrected chi connectivity index (χ2v) is 6.78. The normalized spacial score (nSPS) is 32.2. The van der Waals surface area contributed by atoms with Crippen molar-refractivity contribution >= 4 is 0 Å². The van der Waals surface area contributed by atoms with E-state index in [1.165, 1.54) is 31.2 Å². The molecular weight excluding hydrogens is 262 g/mol. The molecule has 0 radical (unpaired) electrons. The molecule has 0 spiro atoms. The highest BCUT2D eigenvalue weighted by atomic mass is 16.5. The van der Waals surface area contributed by atoms with Crippen LogP contribution >= 0.6 is 0 Å². The third kappa shape index (κ3) is 2.69. The lowest BCUT2D eigenvalue weighted by Crippen LogP contribution is -2.46. The molecule has 1 aromatic carbocycles. The number of rotatable bonds is 3. The van der Waals surface area contributed by atoms with Crippen LogP contribution in [0.3, 0.4) is 0 Å². The molecule has 1 N–H and O–H groups in total. The van der Waals surface area contributed by atoms with Gasteiger partial charge in [-0.05, 0) is 55.5 Å². The molecule has 0 aromatic heterocycles. The fourth-order valence-electron chi connectivity index (χ4n) is 4.22. The van der Waals surface area contributed by atoms with Crippen LogP contribution in [0.4, 0.5) is 0 Å². The van der Waals surface area contributed by atoms with Gasteiger partial charge < -0.3 is 9.84 Å². The highest BCUT2D eigenvalue weighted by Gasteiger charge is 2.38. The first-order chi connectivity index (χ1) is 10.1. The van der Waals surface area contributed by atoms with Crippen molar-refractivity contribution in [2.24, 2.45) is 5.92 Å². The van der Waals surface area contributed by atoms with Crippen molar-refractivity contribution < 1.29 is 9.84 Å². The minimum Gasteiger partial charge on any atom is -0.497 e. The minimum atomic E-state index is -0.394. The number of benzene rings is 1. The van der Waals surface area contributed by atoms with Crippen LogP contribution in [0.25, 0.3) is 0 Å². The SMILES string of the molecule is COc1ccc2c(c1)C(O)C(N(C)C1CCCCC1C)C2. The molecular formula is C18H27NO2. The van der Waals surface area contributed by atoms with Crippen LogP contribution in [-0.2, 0) is 6.42 Å². The van der Waals surface area contributed by atoms with Gasteiger partial charge in [0.2, 0.25) is 0 Å². The van der Waals surface area contributed by atoms with Crippen LogP contribution in [0, 0.1) is 5.92 Å². The van der Waals surface area contributed by atoms with E-state index in [4.69, 9.17) is 4.74 Å². The van der Waals surface area contributed by atoms with Gasteiger partial charge in [0.25, 0.3) is 0 Å². The highest BCUT2D eigenvalue weighted by molar-refractivity contribution is 5.41. The lowest BCUT2D eigenvalue weighted by molar-refractivity contribution is 0.0238. The zero-order valence-corrected chi connectivity index (χ0v) is 13.4. The molecule has 2 aliphatic rings. The molecule has 21 heavy (non-hydrogen) atoms. The van der Waals surface area contributed by atoms with E-state index in [1.54, 1.807) is 7.11 Å². The number of hydrogen-bond acceptors (Lipinski definition) is 3. The number of hydrogen-bond donors (Lipinski definition) is 1. The Morgan fingerprint density at radius 2 is 1.95 bits per heavy atom. The molecule has 3 rings (SSSR count). The van der Waals surface area contributed by atoms with E-state index in [0.717, 1.165) is 23.7 Å². The molecule has 1 fully saturated rings. The quantitative estimate of drug-likeness (QED) is 0.928. The van der Waals surface area contributed by atoms with E-state index in [1.807, 2.05) is 12.1 Å². The fraction of sp³-hybridized carbons (Fsp3) is 0.667. The summed E-state index contributed by atoms with van der Waals surface area (Å²) in [6.45, 7) is 2.36. The van der Waals surface area contributed by atoms with Crippen molar-refractivity contribution in [1.29, 1.82) is 0 Å². The van der Waals surface area contributed by atoms with Gasteiger partial charge in [-0.25, -0.2) is 0 Å². The smallest absolute Gasteiger partial charge is 0.119 e. The second kappa shape index (κ2) is 5.98. The summed E-state index contributed by atoms with van der Waals surface area (Å²) in [6, 6.07) is 6.91. The Bertz CT molecular complexity index is 502. The number of ether oxygens (including phenoxy) is 1. The second-order valence-electron chi connectivity index (χ2n) is 6.78. The molecule has 0 aliphatic heterocycles. The van der Waals surface area contributed by atoms with Crippen molar-refractivity contribution in [3.8, 4) is 5.75 Å². The first-order valence-electron chi connectivity index (χ1n) is 8.18. The number of fused-ring (bicyclic) bond motifs is 1. The van der Waals surface area contributed by atoms with Gasteiger partial charge in [-0.1, -0.05) is 25.8 Å². The number of nitrogens with zero attached hydrogens (tertiary/aromatic N) is 1. The average Bonchev–Trinajstić information content (AvgIpc) is 2.83. The van der Waals surface area contributed by atoms with Crippen molar-refractivity contribution in [2.75, 3.05) is 14.2 Å². The van der Waals surface area contributed by atoms with Gasteiger partial charge in [-0.15, -0.1) is 0 Å². The summed E-state index contributed by atoms with van der Waals surface area (Å²) < 4.78 is 5.29. The van der Waals surface area contributed by atoms with Gasteiger partial charge >= 0.3 is 0 Å². The van der Waals surface area contributed by atoms with E-state index in [2.05, 4.69) is 24.9 Å². The molecule has 3 nitrogen and oxygen atoms in total. The maximum Gasteiger partial charge on any atom is 0.119 e. The van der Waals surface area contributed by atoms with Crippen LogP contribution in [0.15, 0.2) is 18.2 Å². The predicted molar refractivity (Wildman–Crippen MR) is 84.6 cm³/mol. The molecule has 0 saturated heterocycles. The lowest BCUT2D eigenvalue weighted by Gasteiger charge is -2.40. The molecule has 3 heteroatoms. The Morgan fingerprint density at radius 3 is 2.67 bits per heavy atom. The van der Waals surface area contributed by atoms with E-state index in [-0.39, 0.29) is 6.04 Å². The Kier molecular flexibility index (Phi) is 4.23. The monoisotopic (exact) mass is 289 g/mol. The zero-order chi connectivity index (χ0) is 15.0. The van der Waals surface area contributed by atoms with Gasteiger partial charge in [-0.3, -0.25) is 4.90 Å². The summed E-state index contributed by atoms with van der Waals surface area (Å²) in [6.07, 6.45) is 5.81. The largest absolute Gasteiger partial charge is 0.497 e. The van der Waals surface area contributed by atoms with E-state index >= 15 is 0 Å². The Hall–Kier alpha value is -1.06. The summed E-state index contributed by atoms with van der Waals surface area (Å²) in [7, 11) is 3.87. The molecule has 0 heterocycles. The number of methoxy groups -OCH3 is 1. The van der Waals surface area contributed by atoms with Crippen LogP contribution in [0.2, 0.25) is 0 Å². The maximum atomic E-state index is 10.8. The summed E-state index contributed by atoms with van der Waals surface area (Å²) in [5, 5.41) is 10.8. The predicted octanol–water partition coefficient (Wildman–Crippen LogP) is 3.16. The zero-order valence-electron chi connectivity index (χ0n) is 13.4. The van der Waals surface area contributed by atoms with E-state index < -0.39 is 6.10 Å². The Labute approximate surface area is 127 Å². The van der Waals surface area contributed by atoms with E-state index in [9.17, 15) is 5.11 Å². The van der Waals surface area contributed by atoms with Crippen molar-refractivity contribution in [1.82, 2.24) is 4.90 Å². The Balaban J connectivity index is 1.78. The average molecular weight is 289 g/mol. The summed E-state index contributed by atoms with van der Waals surface area (Å²) >= 11 is 0. The molecule has 4 unspecified atom stereocenters. The molecule has 1 saturated carbocycles. The third-order valence-corrected chi connectivity index (χ3v) is 5.58. The summed E-state index contributed by atoms with van der Waals surface area (Å²) in [5.74, 6) is 1.57. The van der Waals surface area contributed by atoms with Crippen LogP contribution in [0.1, 0.15) is 49.8 Å². The molecule has 116 valence electrons. The van der Waals surface area contributed by atoms with Crippen molar-refractivity contribution in [3.05, 3.63) is 29.3 Å². The number of aliphatic hydroxyl groups excluding tert-OH is 1. The third-order valence-electron chi connectivity index (χ3n) is 5.58. The number of aliphatic hydroxyl groups is 1. The van der Waals surface area contributed by atoms with E-state index in [0.29, 0.717) is 6.04 Å².